The fraction of sp³-hybridized carbons (Fsp3) is 0.500. The van der Waals surface area contributed by atoms with Gasteiger partial charge in [-0.2, -0.15) is 0 Å². The Morgan fingerprint density at radius 1 is 1.53 bits per heavy atom. The molecule has 0 aromatic carbocycles. The molecule has 0 spiro atoms. The van der Waals surface area contributed by atoms with Gasteiger partial charge in [0.2, 0.25) is 0 Å². The van der Waals surface area contributed by atoms with Gasteiger partial charge in [0.1, 0.15) is 6.26 Å². The Kier molecular flexibility index (Phi) is 5.88. The number of carbonyl (C=O) groups is 1. The number of halogens is 1. The number of ether oxygens (including phenoxy) is 1. The number of hydrogen-bond acceptors (Lipinski definition) is 3. The van der Waals surface area contributed by atoms with E-state index in [1.165, 1.54) is 12.5 Å². The largest absolute Gasteiger partial charge is 0.472 e. The van der Waals surface area contributed by atoms with E-state index in [4.69, 9.17) is 20.8 Å². The second-order valence-corrected chi connectivity index (χ2v) is 3.30. The molecule has 0 saturated heterocycles. The molecule has 0 fully saturated rings. The van der Waals surface area contributed by atoms with Gasteiger partial charge in [-0.15, -0.1) is 11.6 Å². The third-order valence-electron chi connectivity index (χ3n) is 1.76. The molecule has 0 atom stereocenters. The first-order valence-electron chi connectivity index (χ1n) is 4.78. The van der Waals surface area contributed by atoms with Crippen LogP contribution in [0, 0.1) is 0 Å². The standard InChI is InChI=1S/C10H14ClNO3/c11-3-7-14-5-1-4-12-10(13)9-2-6-15-8-9/h2,6,8H,1,3-5,7H2,(H,12,13). The van der Waals surface area contributed by atoms with E-state index in [2.05, 4.69) is 5.32 Å². The number of nitrogens with one attached hydrogen (secondary N) is 1. The smallest absolute Gasteiger partial charge is 0.254 e. The maximum atomic E-state index is 11.4. The molecule has 1 amide bonds. The van der Waals surface area contributed by atoms with Crippen molar-refractivity contribution >= 4 is 17.5 Å². The van der Waals surface area contributed by atoms with Crippen LogP contribution < -0.4 is 5.32 Å². The lowest BCUT2D eigenvalue weighted by atomic mass is 10.3. The van der Waals surface area contributed by atoms with Crippen molar-refractivity contribution < 1.29 is 13.9 Å². The Morgan fingerprint density at radius 2 is 2.40 bits per heavy atom. The third-order valence-corrected chi connectivity index (χ3v) is 1.91. The highest BCUT2D eigenvalue weighted by Gasteiger charge is 2.04. The molecule has 0 unspecified atom stereocenters. The van der Waals surface area contributed by atoms with Gasteiger partial charge in [-0.05, 0) is 12.5 Å². The lowest BCUT2D eigenvalue weighted by molar-refractivity contribution is 0.0944. The molecule has 1 aromatic rings. The van der Waals surface area contributed by atoms with Crippen LogP contribution in [0.3, 0.4) is 0 Å². The van der Waals surface area contributed by atoms with E-state index in [0.717, 1.165) is 6.42 Å². The van der Waals surface area contributed by atoms with Gasteiger partial charge < -0.3 is 14.5 Å². The fourth-order valence-corrected chi connectivity index (χ4v) is 1.14. The maximum Gasteiger partial charge on any atom is 0.254 e. The van der Waals surface area contributed by atoms with Crippen LogP contribution in [-0.4, -0.2) is 31.5 Å². The average molecular weight is 232 g/mol. The van der Waals surface area contributed by atoms with Gasteiger partial charge in [0.05, 0.1) is 18.4 Å². The zero-order valence-corrected chi connectivity index (χ0v) is 9.13. The maximum absolute atomic E-state index is 11.4. The van der Waals surface area contributed by atoms with Crippen LogP contribution in [0.1, 0.15) is 16.8 Å². The molecule has 0 saturated carbocycles. The second-order valence-electron chi connectivity index (χ2n) is 2.92. The van der Waals surface area contributed by atoms with E-state index in [-0.39, 0.29) is 5.91 Å². The molecule has 5 heteroatoms. The van der Waals surface area contributed by atoms with Crippen LogP contribution >= 0.6 is 11.6 Å². The molecule has 1 heterocycles. The SMILES string of the molecule is O=C(NCCCOCCCl)c1ccoc1. The van der Waals surface area contributed by atoms with Crippen LogP contribution in [0.4, 0.5) is 0 Å². The van der Waals surface area contributed by atoms with Crippen molar-refractivity contribution in [3.05, 3.63) is 24.2 Å². The van der Waals surface area contributed by atoms with Crippen LogP contribution in [0.15, 0.2) is 23.0 Å². The number of rotatable bonds is 7. The van der Waals surface area contributed by atoms with E-state index in [1.807, 2.05) is 0 Å². The molecule has 0 aliphatic carbocycles. The summed E-state index contributed by atoms with van der Waals surface area (Å²) in [6, 6.07) is 1.62. The summed E-state index contributed by atoms with van der Waals surface area (Å²) in [6.07, 6.45) is 3.66. The summed E-state index contributed by atoms with van der Waals surface area (Å²) in [6.45, 7) is 1.75. The molecular weight excluding hydrogens is 218 g/mol. The topological polar surface area (TPSA) is 51.5 Å². The number of amides is 1. The molecule has 15 heavy (non-hydrogen) atoms. The van der Waals surface area contributed by atoms with Crippen molar-refractivity contribution in [1.82, 2.24) is 5.32 Å². The van der Waals surface area contributed by atoms with E-state index in [1.54, 1.807) is 6.07 Å². The summed E-state index contributed by atoms with van der Waals surface area (Å²) < 4.78 is 9.95. The molecule has 4 nitrogen and oxygen atoms in total. The van der Waals surface area contributed by atoms with Crippen LogP contribution in [0.25, 0.3) is 0 Å². The number of carbonyl (C=O) groups excluding carboxylic acids is 1. The summed E-state index contributed by atoms with van der Waals surface area (Å²) in [4.78, 5) is 11.4. The van der Waals surface area contributed by atoms with E-state index < -0.39 is 0 Å². The molecule has 0 aliphatic rings. The first kappa shape index (κ1) is 12.1. The van der Waals surface area contributed by atoms with Crippen LogP contribution in [0.5, 0.6) is 0 Å². The monoisotopic (exact) mass is 231 g/mol. The number of alkyl halides is 1. The van der Waals surface area contributed by atoms with Crippen molar-refractivity contribution in [3.8, 4) is 0 Å². The lowest BCUT2D eigenvalue weighted by Gasteiger charge is -2.03. The van der Waals surface area contributed by atoms with E-state index >= 15 is 0 Å². The minimum atomic E-state index is -0.124. The van der Waals surface area contributed by atoms with Gasteiger partial charge >= 0.3 is 0 Å². The zero-order chi connectivity index (χ0) is 10.9. The van der Waals surface area contributed by atoms with Crippen molar-refractivity contribution in [3.63, 3.8) is 0 Å². The van der Waals surface area contributed by atoms with Crippen molar-refractivity contribution in [2.45, 2.75) is 6.42 Å². The summed E-state index contributed by atoms with van der Waals surface area (Å²) in [5.41, 5.74) is 0.539. The average Bonchev–Trinajstić information content (AvgIpc) is 2.76. The molecule has 1 N–H and O–H groups in total. The summed E-state index contributed by atoms with van der Waals surface area (Å²) >= 11 is 5.43. The Morgan fingerprint density at radius 3 is 3.07 bits per heavy atom. The molecular formula is C10H14ClNO3. The predicted octanol–water partition coefficient (Wildman–Crippen LogP) is 1.65. The van der Waals surface area contributed by atoms with Crippen LogP contribution in [0.2, 0.25) is 0 Å². The van der Waals surface area contributed by atoms with Crippen molar-refractivity contribution in [2.75, 3.05) is 25.6 Å². The van der Waals surface area contributed by atoms with E-state index in [9.17, 15) is 4.79 Å². The van der Waals surface area contributed by atoms with Gasteiger partial charge in [-0.1, -0.05) is 0 Å². The molecule has 0 radical (unpaired) electrons. The molecule has 1 rings (SSSR count). The van der Waals surface area contributed by atoms with Crippen LogP contribution in [-0.2, 0) is 4.74 Å². The Balaban J connectivity index is 2.03. The Labute approximate surface area is 93.5 Å². The normalized spacial score (nSPS) is 10.2. The lowest BCUT2D eigenvalue weighted by Crippen LogP contribution is -2.24. The Bertz CT molecular complexity index is 274. The summed E-state index contributed by atoms with van der Waals surface area (Å²) in [5.74, 6) is 0.377. The van der Waals surface area contributed by atoms with Crippen molar-refractivity contribution in [1.29, 1.82) is 0 Å². The van der Waals surface area contributed by atoms with Gasteiger partial charge in [0.25, 0.3) is 5.91 Å². The minimum Gasteiger partial charge on any atom is -0.472 e. The zero-order valence-electron chi connectivity index (χ0n) is 8.37. The number of furan rings is 1. The molecule has 0 bridgehead atoms. The molecule has 0 aliphatic heterocycles. The predicted molar refractivity (Wildman–Crippen MR) is 57.2 cm³/mol. The first-order valence-corrected chi connectivity index (χ1v) is 5.32. The molecule has 84 valence electrons. The third kappa shape index (κ3) is 4.85. The number of hydrogen-bond donors (Lipinski definition) is 1. The van der Waals surface area contributed by atoms with Gasteiger partial charge in [-0.3, -0.25) is 4.79 Å². The first-order chi connectivity index (χ1) is 7.34. The summed E-state index contributed by atoms with van der Waals surface area (Å²) in [7, 11) is 0. The fourth-order valence-electron chi connectivity index (χ4n) is 1.03. The van der Waals surface area contributed by atoms with Crippen molar-refractivity contribution in [2.24, 2.45) is 0 Å². The van der Waals surface area contributed by atoms with Gasteiger partial charge in [-0.25, -0.2) is 0 Å². The van der Waals surface area contributed by atoms with Gasteiger partial charge in [0, 0.05) is 19.0 Å². The molecule has 1 aromatic heterocycles. The summed E-state index contributed by atoms with van der Waals surface area (Å²) in [5, 5.41) is 2.75. The van der Waals surface area contributed by atoms with Gasteiger partial charge in [0.15, 0.2) is 0 Å². The second kappa shape index (κ2) is 7.31. The quantitative estimate of drug-likeness (QED) is 0.574. The highest BCUT2D eigenvalue weighted by molar-refractivity contribution is 6.17. The Hall–Kier alpha value is -1.00. The van der Waals surface area contributed by atoms with E-state index in [0.29, 0.717) is 31.2 Å². The highest BCUT2D eigenvalue weighted by Crippen LogP contribution is 1.98. The highest BCUT2D eigenvalue weighted by atomic mass is 35.5. The minimum absolute atomic E-state index is 0.124.